The molecular weight excluding hydrogens is 361 g/mol. The van der Waals surface area contributed by atoms with Crippen molar-refractivity contribution in [2.75, 3.05) is 5.32 Å². The van der Waals surface area contributed by atoms with Gasteiger partial charge in [-0.05, 0) is 41.8 Å². The summed E-state index contributed by atoms with van der Waals surface area (Å²) in [5, 5.41) is 7.31. The highest BCUT2D eigenvalue weighted by Crippen LogP contribution is 2.31. The fraction of sp³-hybridized carbons (Fsp3) is 0. The summed E-state index contributed by atoms with van der Waals surface area (Å²) in [4.78, 5) is 10.4. The third kappa shape index (κ3) is 2.96. The summed E-state index contributed by atoms with van der Waals surface area (Å²) in [6, 6.07) is 17.3. The Morgan fingerprint density at radius 2 is 1.75 bits per heavy atom. The second kappa shape index (κ2) is 6.40. The fourth-order valence-corrected chi connectivity index (χ4v) is 3.35. The highest BCUT2D eigenvalue weighted by atomic mass is 35.5. The van der Waals surface area contributed by atoms with Gasteiger partial charge in [-0.2, -0.15) is 0 Å². The van der Waals surface area contributed by atoms with Crippen LogP contribution in [0.3, 0.4) is 0 Å². The molecule has 0 radical (unpaired) electrons. The van der Waals surface area contributed by atoms with Gasteiger partial charge in [-0.25, -0.2) is 9.97 Å². The summed E-state index contributed by atoms with van der Waals surface area (Å²) in [6.07, 6.45) is 0. The van der Waals surface area contributed by atoms with E-state index in [0.29, 0.717) is 15.9 Å². The van der Waals surface area contributed by atoms with E-state index in [9.17, 15) is 0 Å². The van der Waals surface area contributed by atoms with E-state index in [4.69, 9.17) is 28.2 Å². The van der Waals surface area contributed by atoms with Crippen molar-refractivity contribution in [3.63, 3.8) is 0 Å². The third-order valence-corrected chi connectivity index (χ3v) is 5.13. The maximum atomic E-state index is 6.11. The molecule has 0 fully saturated rings. The van der Waals surface area contributed by atoms with Gasteiger partial charge < -0.3 is 5.32 Å². The van der Waals surface area contributed by atoms with Crippen LogP contribution in [0.1, 0.15) is 0 Å². The van der Waals surface area contributed by atoms with Gasteiger partial charge in [-0.15, -0.1) is 11.3 Å². The van der Waals surface area contributed by atoms with E-state index in [2.05, 4.69) is 10.3 Å². The van der Waals surface area contributed by atoms with E-state index >= 15 is 0 Å². The highest BCUT2D eigenvalue weighted by molar-refractivity contribution is 7.13. The number of benzene rings is 2. The van der Waals surface area contributed by atoms with Crippen molar-refractivity contribution in [1.82, 2.24) is 9.97 Å². The minimum Gasteiger partial charge on any atom is -0.340 e. The minimum atomic E-state index is 0.499. The quantitative estimate of drug-likeness (QED) is 0.452. The molecule has 0 aliphatic heterocycles. The molecule has 0 saturated heterocycles. The molecule has 0 unspecified atom stereocenters. The fourth-order valence-electron chi connectivity index (χ4n) is 2.40. The Balaban J connectivity index is 1.85. The first-order valence-corrected chi connectivity index (χ1v) is 8.87. The molecule has 0 saturated carbocycles. The number of anilines is 2. The Labute approximate surface area is 152 Å². The van der Waals surface area contributed by atoms with Crippen molar-refractivity contribution in [3.05, 3.63) is 70.0 Å². The summed E-state index contributed by atoms with van der Waals surface area (Å²) in [6.45, 7) is 0. The first-order chi connectivity index (χ1) is 11.7. The SMILES string of the molecule is Clc1ccc(Nc2nc(-c3cccs3)nc3ccccc23)cc1Cl. The lowest BCUT2D eigenvalue weighted by molar-refractivity contribution is 1.23. The minimum absolute atomic E-state index is 0.499. The number of aromatic nitrogens is 2. The van der Waals surface area contributed by atoms with Gasteiger partial charge in [0.25, 0.3) is 0 Å². The second-order valence-electron chi connectivity index (χ2n) is 5.14. The topological polar surface area (TPSA) is 37.8 Å². The van der Waals surface area contributed by atoms with Crippen LogP contribution >= 0.6 is 34.5 Å². The number of fused-ring (bicyclic) bond motifs is 1. The lowest BCUT2D eigenvalue weighted by Crippen LogP contribution is -1.98. The predicted octanol–water partition coefficient (Wildman–Crippen LogP) is 6.41. The van der Waals surface area contributed by atoms with Gasteiger partial charge in [0.15, 0.2) is 5.82 Å². The van der Waals surface area contributed by atoms with Crippen LogP contribution in [0.15, 0.2) is 60.0 Å². The lowest BCUT2D eigenvalue weighted by atomic mass is 10.2. The van der Waals surface area contributed by atoms with Crippen LogP contribution in [0, 0.1) is 0 Å². The second-order valence-corrected chi connectivity index (χ2v) is 6.91. The van der Waals surface area contributed by atoms with Crippen LogP contribution in [0.4, 0.5) is 11.5 Å². The number of nitrogens with zero attached hydrogens (tertiary/aromatic N) is 2. The lowest BCUT2D eigenvalue weighted by Gasteiger charge is -2.11. The number of nitrogens with one attached hydrogen (secondary N) is 1. The van der Waals surface area contributed by atoms with Gasteiger partial charge in [0, 0.05) is 11.1 Å². The average molecular weight is 372 g/mol. The monoisotopic (exact) mass is 371 g/mol. The summed E-state index contributed by atoms with van der Waals surface area (Å²) in [5.74, 6) is 1.44. The summed E-state index contributed by atoms with van der Waals surface area (Å²) < 4.78 is 0. The molecule has 24 heavy (non-hydrogen) atoms. The van der Waals surface area contributed by atoms with Crippen LogP contribution in [0.2, 0.25) is 10.0 Å². The standard InChI is InChI=1S/C18H11Cl2N3S/c19-13-8-7-11(10-14(13)20)21-17-12-4-1-2-5-15(12)22-18(23-17)16-6-3-9-24-16/h1-10H,(H,21,22,23). The Kier molecular flexibility index (Phi) is 4.10. The summed E-state index contributed by atoms with van der Waals surface area (Å²) in [7, 11) is 0. The Morgan fingerprint density at radius 3 is 2.54 bits per heavy atom. The largest absolute Gasteiger partial charge is 0.340 e. The van der Waals surface area contributed by atoms with E-state index in [1.165, 1.54) is 0 Å². The van der Waals surface area contributed by atoms with E-state index in [-0.39, 0.29) is 0 Å². The number of thiophene rings is 1. The maximum Gasteiger partial charge on any atom is 0.172 e. The average Bonchev–Trinajstić information content (AvgIpc) is 3.13. The molecule has 3 nitrogen and oxygen atoms in total. The molecule has 118 valence electrons. The number of hydrogen-bond donors (Lipinski definition) is 1. The Morgan fingerprint density at radius 1 is 0.875 bits per heavy atom. The normalized spacial score (nSPS) is 10.9. The zero-order valence-electron chi connectivity index (χ0n) is 12.3. The van der Waals surface area contributed by atoms with Crippen LogP contribution in [0.5, 0.6) is 0 Å². The molecule has 4 aromatic rings. The van der Waals surface area contributed by atoms with Gasteiger partial charge in [0.05, 0.1) is 20.4 Å². The summed E-state index contributed by atoms with van der Waals surface area (Å²) >= 11 is 13.7. The smallest absolute Gasteiger partial charge is 0.172 e. The van der Waals surface area contributed by atoms with Crippen molar-refractivity contribution < 1.29 is 0 Å². The van der Waals surface area contributed by atoms with Gasteiger partial charge >= 0.3 is 0 Å². The Hall–Kier alpha value is -2.14. The van der Waals surface area contributed by atoms with Gasteiger partial charge in [0.2, 0.25) is 0 Å². The van der Waals surface area contributed by atoms with Crippen LogP contribution in [-0.2, 0) is 0 Å². The van der Waals surface area contributed by atoms with Gasteiger partial charge in [0.1, 0.15) is 5.82 Å². The van der Waals surface area contributed by atoms with E-state index in [1.54, 1.807) is 23.5 Å². The van der Waals surface area contributed by atoms with Crippen LogP contribution < -0.4 is 5.32 Å². The van der Waals surface area contributed by atoms with Crippen molar-refractivity contribution in [1.29, 1.82) is 0 Å². The molecule has 2 aromatic heterocycles. The van der Waals surface area contributed by atoms with Gasteiger partial charge in [-0.1, -0.05) is 41.4 Å². The molecule has 1 N–H and O–H groups in total. The number of halogens is 2. The molecule has 2 aromatic carbocycles. The van der Waals surface area contributed by atoms with E-state index < -0.39 is 0 Å². The van der Waals surface area contributed by atoms with Crippen molar-refractivity contribution in [2.45, 2.75) is 0 Å². The highest BCUT2D eigenvalue weighted by Gasteiger charge is 2.10. The first-order valence-electron chi connectivity index (χ1n) is 7.23. The van der Waals surface area contributed by atoms with Crippen molar-refractivity contribution in [3.8, 4) is 10.7 Å². The van der Waals surface area contributed by atoms with E-state index in [1.807, 2.05) is 47.8 Å². The third-order valence-electron chi connectivity index (χ3n) is 3.53. The van der Waals surface area contributed by atoms with Crippen LogP contribution in [0.25, 0.3) is 21.6 Å². The molecule has 4 rings (SSSR count). The van der Waals surface area contributed by atoms with Crippen molar-refractivity contribution in [2.24, 2.45) is 0 Å². The molecular formula is C18H11Cl2N3S. The molecule has 0 atom stereocenters. The number of rotatable bonds is 3. The molecule has 6 heteroatoms. The number of para-hydroxylation sites is 1. The maximum absolute atomic E-state index is 6.11. The Bertz CT molecular complexity index is 1020. The zero-order chi connectivity index (χ0) is 16.5. The zero-order valence-corrected chi connectivity index (χ0v) is 14.7. The molecule has 0 spiro atoms. The molecule has 0 aliphatic rings. The van der Waals surface area contributed by atoms with Crippen molar-refractivity contribution >= 4 is 56.9 Å². The number of hydrogen-bond acceptors (Lipinski definition) is 4. The van der Waals surface area contributed by atoms with E-state index in [0.717, 1.165) is 27.3 Å². The van der Waals surface area contributed by atoms with Gasteiger partial charge in [-0.3, -0.25) is 0 Å². The first kappa shape index (κ1) is 15.4. The molecule has 0 aliphatic carbocycles. The predicted molar refractivity (Wildman–Crippen MR) is 103 cm³/mol. The molecule has 0 bridgehead atoms. The molecule has 2 heterocycles. The van der Waals surface area contributed by atoms with Crippen LogP contribution in [-0.4, -0.2) is 9.97 Å². The summed E-state index contributed by atoms with van der Waals surface area (Å²) in [5.41, 5.74) is 1.71. The molecule has 0 amide bonds.